The van der Waals surface area contributed by atoms with E-state index in [-0.39, 0.29) is 23.6 Å². The van der Waals surface area contributed by atoms with E-state index in [9.17, 15) is 9.59 Å². The number of hydrogen-bond donors (Lipinski definition) is 0. The first-order valence-electron chi connectivity index (χ1n) is 10.9. The summed E-state index contributed by atoms with van der Waals surface area (Å²) in [5.41, 5.74) is 2.09. The van der Waals surface area contributed by atoms with E-state index in [2.05, 4.69) is 21.0 Å². The first-order chi connectivity index (χ1) is 17.5. The molecule has 0 saturated heterocycles. The van der Waals surface area contributed by atoms with Crippen molar-refractivity contribution >= 4 is 27.9 Å². The van der Waals surface area contributed by atoms with Crippen molar-refractivity contribution in [3.8, 4) is 28.4 Å². The molecule has 0 aliphatic carbocycles. The van der Waals surface area contributed by atoms with Gasteiger partial charge in [-0.05, 0) is 48.0 Å². The predicted octanol–water partition coefficient (Wildman–Crippen LogP) is 5.46. The number of esters is 2. The first kappa shape index (κ1) is 25.0. The van der Waals surface area contributed by atoms with Crippen LogP contribution in [0.5, 0.6) is 11.5 Å². The summed E-state index contributed by atoms with van der Waals surface area (Å²) in [6.45, 7) is 0.239. The van der Waals surface area contributed by atoms with E-state index < -0.39 is 11.9 Å². The number of nitrogens with zero attached hydrogens (tertiary/aromatic N) is 2. The van der Waals surface area contributed by atoms with E-state index in [0.717, 1.165) is 10.0 Å². The number of rotatable bonds is 8. The van der Waals surface area contributed by atoms with Crippen LogP contribution in [0.25, 0.3) is 16.9 Å². The number of hydrogen-bond acceptors (Lipinski definition) is 7. The van der Waals surface area contributed by atoms with Crippen molar-refractivity contribution in [2.45, 2.75) is 6.61 Å². The van der Waals surface area contributed by atoms with E-state index in [0.29, 0.717) is 22.7 Å². The number of aromatic nitrogens is 2. The minimum atomic E-state index is -0.730. The van der Waals surface area contributed by atoms with Gasteiger partial charge in [0.25, 0.3) is 0 Å². The molecule has 3 aromatic carbocycles. The van der Waals surface area contributed by atoms with E-state index in [4.69, 9.17) is 18.9 Å². The molecule has 36 heavy (non-hydrogen) atoms. The second kappa shape index (κ2) is 11.1. The number of methoxy groups -OCH3 is 3. The number of benzene rings is 3. The lowest BCUT2D eigenvalue weighted by atomic mass is 10.0. The largest absolute Gasteiger partial charge is 0.497 e. The molecular formula is C27H23BrN2O6. The van der Waals surface area contributed by atoms with E-state index in [1.807, 2.05) is 36.4 Å². The van der Waals surface area contributed by atoms with Crippen LogP contribution in [-0.2, 0) is 16.1 Å². The van der Waals surface area contributed by atoms with E-state index >= 15 is 0 Å². The summed E-state index contributed by atoms with van der Waals surface area (Å²) < 4.78 is 23.6. The second-order valence-corrected chi connectivity index (χ2v) is 8.50. The van der Waals surface area contributed by atoms with Crippen LogP contribution in [0.1, 0.15) is 26.4 Å². The third-order valence-corrected chi connectivity index (χ3v) is 5.87. The third kappa shape index (κ3) is 5.11. The van der Waals surface area contributed by atoms with Crippen molar-refractivity contribution in [1.82, 2.24) is 9.78 Å². The quantitative estimate of drug-likeness (QED) is 0.269. The third-order valence-electron chi connectivity index (χ3n) is 5.38. The van der Waals surface area contributed by atoms with Crippen molar-refractivity contribution in [3.05, 3.63) is 94.1 Å². The van der Waals surface area contributed by atoms with Gasteiger partial charge in [0.1, 0.15) is 29.4 Å². The summed E-state index contributed by atoms with van der Waals surface area (Å²) in [5, 5.41) is 4.67. The maximum Gasteiger partial charge on any atom is 0.357 e. The van der Waals surface area contributed by atoms with Crippen molar-refractivity contribution in [2.24, 2.45) is 0 Å². The van der Waals surface area contributed by atoms with E-state index in [1.54, 1.807) is 43.5 Å². The monoisotopic (exact) mass is 550 g/mol. The molecule has 1 aromatic heterocycles. The van der Waals surface area contributed by atoms with Gasteiger partial charge in [-0.1, -0.05) is 46.3 Å². The van der Waals surface area contributed by atoms with Gasteiger partial charge in [0.15, 0.2) is 5.69 Å². The Morgan fingerprint density at radius 3 is 2.33 bits per heavy atom. The number of carbonyl (C=O) groups excluding carboxylic acids is 2. The molecule has 0 unspecified atom stereocenters. The summed E-state index contributed by atoms with van der Waals surface area (Å²) in [6, 6.07) is 21.8. The van der Waals surface area contributed by atoms with Gasteiger partial charge in [-0.3, -0.25) is 0 Å². The average Bonchev–Trinajstić information content (AvgIpc) is 3.32. The Bertz CT molecular complexity index is 1400. The van der Waals surface area contributed by atoms with Gasteiger partial charge in [0.2, 0.25) is 0 Å². The minimum absolute atomic E-state index is 0.0301. The van der Waals surface area contributed by atoms with Crippen LogP contribution in [0.2, 0.25) is 0 Å². The highest BCUT2D eigenvalue weighted by Gasteiger charge is 2.32. The first-order valence-corrected chi connectivity index (χ1v) is 11.7. The Morgan fingerprint density at radius 2 is 1.64 bits per heavy atom. The van der Waals surface area contributed by atoms with Gasteiger partial charge in [-0.25, -0.2) is 14.3 Å². The van der Waals surface area contributed by atoms with Crippen LogP contribution in [-0.4, -0.2) is 43.0 Å². The zero-order valence-corrected chi connectivity index (χ0v) is 21.4. The molecule has 0 bridgehead atoms. The number of carbonyl (C=O) groups is 2. The maximum absolute atomic E-state index is 13.0. The summed E-state index contributed by atoms with van der Waals surface area (Å²) in [5.74, 6) is -0.289. The smallest absolute Gasteiger partial charge is 0.357 e. The lowest BCUT2D eigenvalue weighted by Gasteiger charge is -2.12. The van der Waals surface area contributed by atoms with Gasteiger partial charge in [-0.15, -0.1) is 0 Å². The topological polar surface area (TPSA) is 88.9 Å². The maximum atomic E-state index is 13.0. The zero-order valence-electron chi connectivity index (χ0n) is 19.9. The number of para-hydroxylation sites is 1. The van der Waals surface area contributed by atoms with Gasteiger partial charge < -0.3 is 18.9 Å². The highest BCUT2D eigenvalue weighted by molar-refractivity contribution is 9.10. The lowest BCUT2D eigenvalue weighted by Crippen LogP contribution is -2.15. The highest BCUT2D eigenvalue weighted by Crippen LogP contribution is 2.37. The van der Waals surface area contributed by atoms with Gasteiger partial charge >= 0.3 is 11.9 Å². The van der Waals surface area contributed by atoms with Crippen molar-refractivity contribution in [1.29, 1.82) is 0 Å². The Balaban J connectivity index is 1.88. The molecule has 4 aromatic rings. The molecule has 4 rings (SSSR count). The lowest BCUT2D eigenvalue weighted by molar-refractivity contribution is 0.0549. The summed E-state index contributed by atoms with van der Waals surface area (Å²) in [7, 11) is 4.09. The fraction of sp³-hybridized carbons (Fsp3) is 0.148. The standard InChI is InChI=1S/C27H23BrN2O6/c1-33-20-11-7-8-17(14-20)16-36-22-13-12-18(28)15-21(22)24-23(26(31)34-2)25(27(32)35-3)30(29-24)19-9-5-4-6-10-19/h4-15H,16H2,1-3H3. The van der Waals surface area contributed by atoms with E-state index in [1.165, 1.54) is 18.9 Å². The molecule has 1 heterocycles. The number of ether oxygens (including phenoxy) is 4. The molecule has 0 atom stereocenters. The van der Waals surface area contributed by atoms with Crippen LogP contribution in [0.3, 0.4) is 0 Å². The van der Waals surface area contributed by atoms with Gasteiger partial charge in [0.05, 0.1) is 27.0 Å². The van der Waals surface area contributed by atoms with Crippen LogP contribution in [0.15, 0.2) is 77.3 Å². The van der Waals surface area contributed by atoms with Crippen LogP contribution < -0.4 is 9.47 Å². The molecule has 0 aliphatic rings. The molecule has 0 radical (unpaired) electrons. The molecule has 0 spiro atoms. The van der Waals surface area contributed by atoms with Crippen molar-refractivity contribution in [2.75, 3.05) is 21.3 Å². The summed E-state index contributed by atoms with van der Waals surface area (Å²) >= 11 is 3.49. The Morgan fingerprint density at radius 1 is 0.889 bits per heavy atom. The molecular weight excluding hydrogens is 528 g/mol. The van der Waals surface area contributed by atoms with Crippen molar-refractivity contribution < 1.29 is 28.5 Å². The molecule has 8 nitrogen and oxygen atoms in total. The molecule has 184 valence electrons. The predicted molar refractivity (Wildman–Crippen MR) is 137 cm³/mol. The van der Waals surface area contributed by atoms with Crippen molar-refractivity contribution in [3.63, 3.8) is 0 Å². The molecule has 0 aliphatic heterocycles. The Kier molecular flexibility index (Phi) is 7.70. The SMILES string of the molecule is COC(=O)c1c(-c2cc(Br)ccc2OCc2cccc(OC)c2)nn(-c2ccccc2)c1C(=O)OC. The van der Waals surface area contributed by atoms with Crippen LogP contribution in [0.4, 0.5) is 0 Å². The molecule has 0 fully saturated rings. The molecule has 0 N–H and O–H groups in total. The van der Waals surface area contributed by atoms with Gasteiger partial charge in [0, 0.05) is 10.0 Å². The zero-order chi connectivity index (χ0) is 25.7. The average molecular weight is 551 g/mol. The Hall–Kier alpha value is -4.11. The van der Waals surface area contributed by atoms with Crippen LogP contribution >= 0.6 is 15.9 Å². The number of halogens is 1. The summed E-state index contributed by atoms with van der Waals surface area (Å²) in [6.07, 6.45) is 0. The second-order valence-electron chi connectivity index (χ2n) is 7.58. The summed E-state index contributed by atoms with van der Waals surface area (Å²) in [4.78, 5) is 25.9. The molecule has 0 amide bonds. The highest BCUT2D eigenvalue weighted by atomic mass is 79.9. The van der Waals surface area contributed by atoms with Gasteiger partial charge in [-0.2, -0.15) is 5.10 Å². The molecule has 9 heteroatoms. The molecule has 0 saturated carbocycles. The minimum Gasteiger partial charge on any atom is -0.497 e. The fourth-order valence-corrected chi connectivity index (χ4v) is 4.04. The fourth-order valence-electron chi connectivity index (χ4n) is 3.68. The van der Waals surface area contributed by atoms with Crippen LogP contribution in [0, 0.1) is 0 Å². The Labute approximate surface area is 216 Å². The normalized spacial score (nSPS) is 10.6.